The number of amides is 2. The third kappa shape index (κ3) is 4.81. The first-order chi connectivity index (χ1) is 15.9. The molecule has 0 radical (unpaired) electrons. The number of carbonyl (C=O) groups excluding carboxylic acids is 2. The summed E-state index contributed by atoms with van der Waals surface area (Å²) in [6.07, 6.45) is 0.214. The van der Waals surface area contributed by atoms with Crippen LogP contribution in [0.2, 0.25) is 0 Å². The van der Waals surface area contributed by atoms with Crippen molar-refractivity contribution in [2.24, 2.45) is 0 Å². The number of hydrogen-bond donors (Lipinski definition) is 0. The molecule has 33 heavy (non-hydrogen) atoms. The van der Waals surface area contributed by atoms with E-state index >= 15 is 0 Å². The van der Waals surface area contributed by atoms with Crippen molar-refractivity contribution in [2.45, 2.75) is 20.0 Å². The maximum Gasteiger partial charge on any atom is 0.264 e. The lowest BCUT2D eigenvalue weighted by molar-refractivity contribution is -0.131. The number of fused-ring (bicyclic) bond motifs is 1. The second-order valence-corrected chi connectivity index (χ2v) is 8.79. The fourth-order valence-corrected chi connectivity index (χ4v) is 5.04. The molecule has 4 rings (SSSR count). The number of piperazine rings is 1. The van der Waals surface area contributed by atoms with Crippen LogP contribution in [-0.2, 0) is 22.6 Å². The topological polar surface area (TPSA) is 84.9 Å². The van der Waals surface area contributed by atoms with Crippen LogP contribution in [0.15, 0.2) is 24.3 Å². The summed E-state index contributed by atoms with van der Waals surface area (Å²) in [6, 6.07) is 5.94. The second kappa shape index (κ2) is 9.80. The van der Waals surface area contributed by atoms with Crippen molar-refractivity contribution in [1.29, 1.82) is 0 Å². The number of ether oxygens (including phenoxy) is 2. The van der Waals surface area contributed by atoms with Crippen LogP contribution in [0.5, 0.6) is 5.88 Å². The highest BCUT2D eigenvalue weighted by molar-refractivity contribution is 7.20. The number of nitrogens with zero attached hydrogens (tertiary/aromatic N) is 4. The molecule has 0 bridgehead atoms. The molecule has 0 aliphatic carbocycles. The zero-order valence-electron chi connectivity index (χ0n) is 18.8. The highest BCUT2D eigenvalue weighted by Gasteiger charge is 2.28. The number of carbonyl (C=O) groups is 2. The Balaban J connectivity index is 1.45. The van der Waals surface area contributed by atoms with Crippen molar-refractivity contribution in [3.8, 4) is 5.88 Å². The molecule has 0 unspecified atom stereocenters. The zero-order chi connectivity index (χ0) is 23.5. The van der Waals surface area contributed by atoms with Gasteiger partial charge >= 0.3 is 0 Å². The van der Waals surface area contributed by atoms with Gasteiger partial charge in [-0.25, -0.2) is 9.37 Å². The highest BCUT2D eigenvalue weighted by Crippen LogP contribution is 2.35. The van der Waals surface area contributed by atoms with Crippen LogP contribution >= 0.6 is 11.3 Å². The number of methoxy groups -OCH3 is 2. The summed E-state index contributed by atoms with van der Waals surface area (Å²) in [7, 11) is 3.11. The van der Waals surface area contributed by atoms with Crippen molar-refractivity contribution in [2.75, 3.05) is 40.4 Å². The zero-order valence-corrected chi connectivity index (χ0v) is 19.6. The second-order valence-electron chi connectivity index (χ2n) is 7.79. The highest BCUT2D eigenvalue weighted by atomic mass is 32.1. The molecule has 10 heteroatoms. The van der Waals surface area contributed by atoms with E-state index in [2.05, 4.69) is 9.97 Å². The van der Waals surface area contributed by atoms with Crippen LogP contribution in [-0.4, -0.2) is 72.0 Å². The maximum absolute atomic E-state index is 13.3. The van der Waals surface area contributed by atoms with Gasteiger partial charge < -0.3 is 19.3 Å². The summed E-state index contributed by atoms with van der Waals surface area (Å²) in [5.41, 5.74) is 1.55. The van der Waals surface area contributed by atoms with Crippen LogP contribution in [0.25, 0.3) is 10.2 Å². The van der Waals surface area contributed by atoms with Gasteiger partial charge in [-0.2, -0.15) is 4.98 Å². The van der Waals surface area contributed by atoms with Gasteiger partial charge in [0.25, 0.3) is 5.91 Å². The molecule has 2 aromatic heterocycles. The number of aryl methyl sites for hydroxylation is 1. The van der Waals surface area contributed by atoms with Gasteiger partial charge in [0.1, 0.15) is 17.3 Å². The fraction of sp³-hybridized carbons (Fsp3) is 0.391. The predicted octanol–water partition coefficient (Wildman–Crippen LogP) is 2.82. The molecule has 8 nitrogen and oxygen atoms in total. The van der Waals surface area contributed by atoms with E-state index in [0.29, 0.717) is 47.6 Å². The number of halogens is 1. The largest absolute Gasteiger partial charge is 0.480 e. The van der Waals surface area contributed by atoms with Crippen molar-refractivity contribution in [3.63, 3.8) is 0 Å². The smallest absolute Gasteiger partial charge is 0.264 e. The molecule has 3 heterocycles. The Morgan fingerprint density at radius 3 is 2.36 bits per heavy atom. The summed E-state index contributed by atoms with van der Waals surface area (Å²) in [4.78, 5) is 39.6. The van der Waals surface area contributed by atoms with E-state index in [1.54, 1.807) is 36.2 Å². The molecule has 1 aliphatic rings. The van der Waals surface area contributed by atoms with Crippen molar-refractivity contribution in [3.05, 3.63) is 51.9 Å². The minimum absolute atomic E-state index is 0.0302. The Morgan fingerprint density at radius 2 is 1.73 bits per heavy atom. The van der Waals surface area contributed by atoms with Crippen molar-refractivity contribution >= 4 is 33.4 Å². The van der Waals surface area contributed by atoms with Crippen molar-refractivity contribution < 1.29 is 23.5 Å². The normalized spacial score (nSPS) is 14.1. The maximum atomic E-state index is 13.3. The van der Waals surface area contributed by atoms with Crippen LogP contribution < -0.4 is 4.74 Å². The van der Waals surface area contributed by atoms with E-state index in [-0.39, 0.29) is 30.7 Å². The van der Waals surface area contributed by atoms with E-state index < -0.39 is 0 Å². The number of benzene rings is 1. The van der Waals surface area contributed by atoms with E-state index in [1.165, 1.54) is 23.5 Å². The Morgan fingerprint density at radius 1 is 1.06 bits per heavy atom. The summed E-state index contributed by atoms with van der Waals surface area (Å²) >= 11 is 1.32. The van der Waals surface area contributed by atoms with Gasteiger partial charge in [0.2, 0.25) is 11.8 Å². The van der Waals surface area contributed by atoms with Gasteiger partial charge in [0, 0.05) is 33.3 Å². The molecule has 0 N–H and O–H groups in total. The van der Waals surface area contributed by atoms with Crippen LogP contribution in [0.4, 0.5) is 4.39 Å². The number of hydrogen-bond acceptors (Lipinski definition) is 7. The Bertz CT molecular complexity index is 1170. The van der Waals surface area contributed by atoms with E-state index in [1.807, 2.05) is 6.92 Å². The minimum Gasteiger partial charge on any atom is -0.480 e. The lowest BCUT2D eigenvalue weighted by Crippen LogP contribution is -2.50. The molecule has 174 valence electrons. The third-order valence-electron chi connectivity index (χ3n) is 5.65. The summed E-state index contributed by atoms with van der Waals surface area (Å²) in [5, 5.41) is 0.735. The lowest BCUT2D eigenvalue weighted by atomic mass is 10.1. The molecular formula is C23H25FN4O4S. The van der Waals surface area contributed by atoms with Gasteiger partial charge in [-0.3, -0.25) is 9.59 Å². The molecular weight excluding hydrogens is 447 g/mol. The van der Waals surface area contributed by atoms with Gasteiger partial charge in [0.15, 0.2) is 5.82 Å². The van der Waals surface area contributed by atoms with Crippen LogP contribution in [0.3, 0.4) is 0 Å². The standard InChI is InChI=1S/C23H25FN4O4S/c1-14-19-21(32-3)25-17(13-31-2)26-22(19)33-20(14)23(30)28-10-8-27(9-11-28)18(29)12-15-4-6-16(24)7-5-15/h4-7H,8-13H2,1-3H3. The van der Waals surface area contributed by atoms with E-state index in [0.717, 1.165) is 16.5 Å². The molecule has 1 aliphatic heterocycles. The minimum atomic E-state index is -0.326. The molecule has 1 saturated heterocycles. The number of thiophene rings is 1. The van der Waals surface area contributed by atoms with E-state index in [4.69, 9.17) is 9.47 Å². The molecule has 2 amide bonds. The average Bonchev–Trinajstić information content (AvgIpc) is 3.16. The lowest BCUT2D eigenvalue weighted by Gasteiger charge is -2.34. The van der Waals surface area contributed by atoms with Crippen LogP contribution in [0, 0.1) is 12.7 Å². The summed E-state index contributed by atoms with van der Waals surface area (Å²) < 4.78 is 23.6. The number of aromatic nitrogens is 2. The van der Waals surface area contributed by atoms with Crippen LogP contribution in [0.1, 0.15) is 26.6 Å². The van der Waals surface area contributed by atoms with E-state index in [9.17, 15) is 14.0 Å². The van der Waals surface area contributed by atoms with Crippen molar-refractivity contribution in [1.82, 2.24) is 19.8 Å². The first-order valence-electron chi connectivity index (χ1n) is 10.6. The molecule has 0 saturated carbocycles. The Kier molecular flexibility index (Phi) is 6.85. The summed E-state index contributed by atoms with van der Waals surface area (Å²) in [5.74, 6) is 0.480. The Hall–Kier alpha value is -3.11. The van der Waals surface area contributed by atoms with Gasteiger partial charge in [-0.15, -0.1) is 11.3 Å². The Labute approximate surface area is 194 Å². The molecule has 0 spiro atoms. The van der Waals surface area contributed by atoms with Gasteiger partial charge in [-0.05, 0) is 30.2 Å². The average molecular weight is 473 g/mol. The molecule has 1 aromatic carbocycles. The monoisotopic (exact) mass is 472 g/mol. The molecule has 0 atom stereocenters. The molecule has 1 fully saturated rings. The van der Waals surface area contributed by atoms with Gasteiger partial charge in [-0.1, -0.05) is 12.1 Å². The first kappa shape index (κ1) is 23.1. The number of rotatable bonds is 6. The molecule has 3 aromatic rings. The predicted molar refractivity (Wildman–Crippen MR) is 122 cm³/mol. The quantitative estimate of drug-likeness (QED) is 0.549. The summed E-state index contributed by atoms with van der Waals surface area (Å²) in [6.45, 7) is 3.92. The first-order valence-corrected chi connectivity index (χ1v) is 11.4. The fourth-order valence-electron chi connectivity index (χ4n) is 3.88. The van der Waals surface area contributed by atoms with Gasteiger partial charge in [0.05, 0.1) is 23.8 Å². The third-order valence-corrected chi connectivity index (χ3v) is 6.83. The SMILES string of the molecule is COCc1nc(OC)c2c(C)c(C(=O)N3CCN(C(=O)Cc4ccc(F)cc4)CC3)sc2n1.